The molecule has 1 amide bonds. The van der Waals surface area contributed by atoms with Crippen molar-refractivity contribution in [3.63, 3.8) is 0 Å². The highest BCUT2D eigenvalue weighted by Gasteiger charge is 2.41. The highest BCUT2D eigenvalue weighted by atomic mass is 16.6. The van der Waals surface area contributed by atoms with Gasteiger partial charge < -0.3 is 20.7 Å². The number of carbonyl (C=O) groups is 1. The van der Waals surface area contributed by atoms with Crippen LogP contribution in [0.3, 0.4) is 0 Å². The minimum Gasteiger partial charge on any atom is -0.444 e. The molecule has 0 aromatic rings. The second-order valence-electron chi connectivity index (χ2n) is 8.65. The number of hydrogen-bond acceptors (Lipinski definition) is 4. The van der Waals surface area contributed by atoms with Gasteiger partial charge in [-0.2, -0.15) is 0 Å². The Morgan fingerprint density at radius 3 is 2.00 bits per heavy atom. The third-order valence-corrected chi connectivity index (χ3v) is 3.79. The summed E-state index contributed by atoms with van der Waals surface area (Å²) in [5.74, 6) is 0.636. The van der Waals surface area contributed by atoms with Crippen molar-refractivity contribution in [3.8, 4) is 0 Å². The minimum absolute atomic E-state index is 0.0591. The largest absolute Gasteiger partial charge is 0.444 e. The highest BCUT2D eigenvalue weighted by Crippen LogP contribution is 2.39. The average Bonchev–Trinajstić information content (AvgIpc) is 3.13. The molecule has 0 heterocycles. The van der Waals surface area contributed by atoms with Crippen molar-refractivity contribution in [2.75, 3.05) is 19.6 Å². The van der Waals surface area contributed by atoms with E-state index in [1.54, 1.807) is 0 Å². The molecule has 1 rings (SSSR count). The van der Waals surface area contributed by atoms with Gasteiger partial charge in [0.25, 0.3) is 0 Å². The first kappa shape index (κ1) is 19.2. The molecule has 1 aliphatic carbocycles. The summed E-state index contributed by atoms with van der Waals surface area (Å²) in [7, 11) is 0. The molecule has 0 aromatic heterocycles. The van der Waals surface area contributed by atoms with E-state index >= 15 is 0 Å². The zero-order valence-electron chi connectivity index (χ0n) is 15.4. The first-order valence-corrected chi connectivity index (χ1v) is 8.38. The minimum atomic E-state index is -0.454. The van der Waals surface area contributed by atoms with Gasteiger partial charge >= 0.3 is 6.09 Å². The molecular weight excluding hydrogens is 278 g/mol. The third-order valence-electron chi connectivity index (χ3n) is 3.79. The Kier molecular flexibility index (Phi) is 6.27. The molecule has 5 nitrogen and oxygen atoms in total. The molecule has 1 fully saturated rings. The van der Waals surface area contributed by atoms with Crippen LogP contribution in [-0.2, 0) is 4.74 Å². The van der Waals surface area contributed by atoms with Gasteiger partial charge in [0.1, 0.15) is 5.60 Å². The molecule has 0 aromatic carbocycles. The van der Waals surface area contributed by atoms with Crippen LogP contribution in [0.5, 0.6) is 0 Å². The fourth-order valence-corrected chi connectivity index (χ4v) is 2.43. The SMILES string of the molecule is CC(C)(C)NCCNC(C)(CNC(=O)OC(C)(C)C)C1CC1. The van der Waals surface area contributed by atoms with Gasteiger partial charge in [0.2, 0.25) is 0 Å². The van der Waals surface area contributed by atoms with Crippen LogP contribution in [0.2, 0.25) is 0 Å². The zero-order chi connectivity index (χ0) is 17.0. The smallest absolute Gasteiger partial charge is 0.407 e. The lowest BCUT2D eigenvalue weighted by Crippen LogP contribution is -2.55. The standard InChI is InChI=1S/C17H35N3O2/c1-15(2,3)19-10-11-20-17(7,13-8-9-13)12-18-14(21)22-16(4,5)6/h13,19-20H,8-12H2,1-7H3,(H,18,21). The predicted octanol–water partition coefficient (Wildman–Crippen LogP) is 2.66. The Bertz CT molecular complexity index is 367. The second kappa shape index (κ2) is 7.18. The summed E-state index contributed by atoms with van der Waals surface area (Å²) in [6, 6.07) is 0. The first-order chi connectivity index (χ1) is 9.91. The number of ether oxygens (including phenoxy) is 1. The quantitative estimate of drug-likeness (QED) is 0.632. The van der Waals surface area contributed by atoms with E-state index < -0.39 is 5.60 Å². The fourth-order valence-electron chi connectivity index (χ4n) is 2.43. The molecule has 1 unspecified atom stereocenters. The van der Waals surface area contributed by atoms with Crippen LogP contribution >= 0.6 is 0 Å². The summed E-state index contributed by atoms with van der Waals surface area (Å²) in [5.41, 5.74) is -0.382. The summed E-state index contributed by atoms with van der Waals surface area (Å²) < 4.78 is 5.31. The van der Waals surface area contributed by atoms with Crippen molar-refractivity contribution in [2.24, 2.45) is 5.92 Å². The molecule has 0 bridgehead atoms. The van der Waals surface area contributed by atoms with Crippen LogP contribution in [0.1, 0.15) is 61.3 Å². The molecule has 1 saturated carbocycles. The van der Waals surface area contributed by atoms with Crippen molar-refractivity contribution in [1.82, 2.24) is 16.0 Å². The molecule has 130 valence electrons. The van der Waals surface area contributed by atoms with Gasteiger partial charge in [0, 0.05) is 30.7 Å². The fraction of sp³-hybridized carbons (Fsp3) is 0.941. The zero-order valence-corrected chi connectivity index (χ0v) is 15.4. The summed E-state index contributed by atoms with van der Waals surface area (Å²) >= 11 is 0. The van der Waals surface area contributed by atoms with E-state index in [9.17, 15) is 4.79 Å². The number of carbonyl (C=O) groups excluding carboxylic acids is 1. The van der Waals surface area contributed by atoms with Gasteiger partial charge in [0.05, 0.1) is 0 Å². The number of amides is 1. The van der Waals surface area contributed by atoms with E-state index in [4.69, 9.17) is 4.74 Å². The van der Waals surface area contributed by atoms with Gasteiger partial charge in [-0.1, -0.05) is 0 Å². The molecule has 22 heavy (non-hydrogen) atoms. The monoisotopic (exact) mass is 313 g/mol. The number of alkyl carbamates (subject to hydrolysis) is 1. The van der Waals surface area contributed by atoms with E-state index in [0.29, 0.717) is 12.5 Å². The lowest BCUT2D eigenvalue weighted by molar-refractivity contribution is 0.0508. The molecule has 1 atom stereocenters. The van der Waals surface area contributed by atoms with Crippen LogP contribution in [0.15, 0.2) is 0 Å². The van der Waals surface area contributed by atoms with E-state index in [1.807, 2.05) is 20.8 Å². The number of hydrogen-bond donors (Lipinski definition) is 3. The predicted molar refractivity (Wildman–Crippen MR) is 91.1 cm³/mol. The first-order valence-electron chi connectivity index (χ1n) is 8.38. The van der Waals surface area contributed by atoms with Crippen molar-refractivity contribution >= 4 is 6.09 Å². The maximum Gasteiger partial charge on any atom is 0.407 e. The normalized spacial score (nSPS) is 18.7. The second-order valence-corrected chi connectivity index (χ2v) is 8.65. The molecule has 0 aliphatic heterocycles. The van der Waals surface area contributed by atoms with Crippen LogP contribution < -0.4 is 16.0 Å². The Hall–Kier alpha value is -0.810. The summed E-state index contributed by atoms with van der Waals surface area (Å²) in [6.07, 6.45) is 2.12. The van der Waals surface area contributed by atoms with E-state index in [0.717, 1.165) is 13.1 Å². The lowest BCUT2D eigenvalue weighted by Gasteiger charge is -2.33. The Morgan fingerprint density at radius 2 is 1.55 bits per heavy atom. The van der Waals surface area contributed by atoms with Crippen LogP contribution in [0, 0.1) is 5.92 Å². The van der Waals surface area contributed by atoms with Crippen molar-refractivity contribution < 1.29 is 9.53 Å². The van der Waals surface area contributed by atoms with Crippen LogP contribution in [-0.4, -0.2) is 42.4 Å². The van der Waals surface area contributed by atoms with Crippen LogP contribution in [0.4, 0.5) is 4.79 Å². The van der Waals surface area contributed by atoms with E-state index in [-0.39, 0.29) is 17.2 Å². The average molecular weight is 313 g/mol. The summed E-state index contributed by atoms with van der Waals surface area (Å²) in [5, 5.41) is 10.0. The summed E-state index contributed by atoms with van der Waals surface area (Å²) in [6.45, 7) is 16.7. The number of nitrogens with one attached hydrogen (secondary N) is 3. The molecular formula is C17H35N3O2. The van der Waals surface area contributed by atoms with Crippen molar-refractivity contribution in [3.05, 3.63) is 0 Å². The molecule has 1 aliphatic rings. The topological polar surface area (TPSA) is 62.4 Å². The Labute approximate surface area is 135 Å². The molecule has 3 N–H and O–H groups in total. The maximum absolute atomic E-state index is 11.8. The molecule has 5 heteroatoms. The molecule has 0 radical (unpaired) electrons. The van der Waals surface area contributed by atoms with Crippen molar-refractivity contribution in [1.29, 1.82) is 0 Å². The van der Waals surface area contributed by atoms with Gasteiger partial charge in [-0.25, -0.2) is 4.79 Å². The van der Waals surface area contributed by atoms with E-state index in [2.05, 4.69) is 43.6 Å². The van der Waals surface area contributed by atoms with Gasteiger partial charge in [0.15, 0.2) is 0 Å². The van der Waals surface area contributed by atoms with E-state index in [1.165, 1.54) is 12.8 Å². The Balaban J connectivity index is 2.38. The van der Waals surface area contributed by atoms with Gasteiger partial charge in [-0.05, 0) is 67.2 Å². The van der Waals surface area contributed by atoms with Crippen molar-refractivity contribution in [2.45, 2.75) is 78.0 Å². The number of rotatable bonds is 7. The van der Waals surface area contributed by atoms with Gasteiger partial charge in [-0.3, -0.25) is 0 Å². The van der Waals surface area contributed by atoms with Crippen LogP contribution in [0.25, 0.3) is 0 Å². The third kappa shape index (κ3) is 7.99. The maximum atomic E-state index is 11.8. The molecule has 0 spiro atoms. The lowest BCUT2D eigenvalue weighted by atomic mass is 9.95. The van der Waals surface area contributed by atoms with Gasteiger partial charge in [-0.15, -0.1) is 0 Å². The molecule has 0 saturated heterocycles. The summed E-state index contributed by atoms with van der Waals surface area (Å²) in [4.78, 5) is 11.8. The highest BCUT2D eigenvalue weighted by molar-refractivity contribution is 5.67. The Morgan fingerprint density at radius 1 is 1.00 bits per heavy atom.